The van der Waals surface area contributed by atoms with Crippen LogP contribution >= 0.6 is 12.4 Å². The lowest BCUT2D eigenvalue weighted by Gasteiger charge is -2.28. The molecule has 0 spiro atoms. The summed E-state index contributed by atoms with van der Waals surface area (Å²) in [7, 11) is 4.23. The summed E-state index contributed by atoms with van der Waals surface area (Å²) >= 11 is 0. The van der Waals surface area contributed by atoms with Crippen LogP contribution in [0, 0.1) is 5.92 Å². The van der Waals surface area contributed by atoms with E-state index in [1.54, 1.807) is 0 Å². The summed E-state index contributed by atoms with van der Waals surface area (Å²) in [6.45, 7) is 1.11. The predicted octanol–water partition coefficient (Wildman–Crippen LogP) is 3.70. The molecule has 1 aromatic carbocycles. The van der Waals surface area contributed by atoms with Crippen LogP contribution in [0.15, 0.2) is 53.2 Å². The fraction of sp³-hybridized carbons (Fsp3) is 0.389. The van der Waals surface area contributed by atoms with Crippen molar-refractivity contribution >= 4 is 18.6 Å². The van der Waals surface area contributed by atoms with Crippen LogP contribution in [0.3, 0.4) is 0 Å². The van der Waals surface area contributed by atoms with Gasteiger partial charge in [0.15, 0.2) is 0 Å². The molecule has 0 saturated carbocycles. The van der Waals surface area contributed by atoms with Gasteiger partial charge in [-0.2, -0.15) is 0 Å². The third-order valence-electron chi connectivity index (χ3n) is 3.97. The molecule has 1 aliphatic heterocycles. The molecule has 0 fully saturated rings. The zero-order valence-corrected chi connectivity index (χ0v) is 13.9. The SMILES string of the molecule is CN(C)CCCC1C=CC=C2N=Cc3ccccc3OC21.Cl. The standard InChI is InChI=1S/C18H22N2O.ClH/c1-20(2)12-6-9-14-8-5-10-16-18(14)21-17-11-4-3-7-15(17)13-19-16;/h3-5,7-8,10-11,13-14,18H,6,9,12H2,1-2H3;1H. The van der Waals surface area contributed by atoms with Gasteiger partial charge < -0.3 is 9.64 Å². The Morgan fingerprint density at radius 3 is 2.86 bits per heavy atom. The van der Waals surface area contributed by atoms with Crippen molar-refractivity contribution in [3.05, 3.63) is 53.8 Å². The van der Waals surface area contributed by atoms with Crippen LogP contribution in [0.2, 0.25) is 0 Å². The number of nitrogens with zero attached hydrogens (tertiary/aromatic N) is 2. The van der Waals surface area contributed by atoms with Gasteiger partial charge in [0.2, 0.25) is 0 Å². The maximum absolute atomic E-state index is 6.27. The quantitative estimate of drug-likeness (QED) is 0.845. The van der Waals surface area contributed by atoms with Gasteiger partial charge in [0, 0.05) is 17.7 Å². The lowest BCUT2D eigenvalue weighted by molar-refractivity contribution is 0.179. The van der Waals surface area contributed by atoms with Crippen LogP contribution in [-0.4, -0.2) is 37.9 Å². The number of hydrogen-bond acceptors (Lipinski definition) is 3. The number of allylic oxidation sites excluding steroid dienone is 2. The van der Waals surface area contributed by atoms with Crippen molar-refractivity contribution in [3.63, 3.8) is 0 Å². The summed E-state index contributed by atoms with van der Waals surface area (Å²) in [5.41, 5.74) is 2.09. The molecule has 2 atom stereocenters. The van der Waals surface area contributed by atoms with Crippen molar-refractivity contribution in [1.82, 2.24) is 4.90 Å². The Hall–Kier alpha value is -1.58. The first-order valence-corrected chi connectivity index (χ1v) is 7.57. The molecule has 0 bridgehead atoms. The van der Waals surface area contributed by atoms with Crippen LogP contribution in [0.25, 0.3) is 0 Å². The fourth-order valence-corrected chi connectivity index (χ4v) is 2.84. The van der Waals surface area contributed by atoms with E-state index in [9.17, 15) is 0 Å². The Labute approximate surface area is 138 Å². The number of fused-ring (bicyclic) bond motifs is 2. The molecule has 0 radical (unpaired) electrons. The molecule has 3 nitrogen and oxygen atoms in total. The second-order valence-corrected chi connectivity index (χ2v) is 5.92. The zero-order chi connectivity index (χ0) is 14.7. The maximum atomic E-state index is 6.27. The van der Waals surface area contributed by atoms with Crippen molar-refractivity contribution < 1.29 is 4.74 Å². The van der Waals surface area contributed by atoms with Gasteiger partial charge >= 0.3 is 0 Å². The van der Waals surface area contributed by atoms with E-state index in [1.165, 1.54) is 6.42 Å². The van der Waals surface area contributed by atoms with Crippen molar-refractivity contribution in [3.8, 4) is 5.75 Å². The van der Waals surface area contributed by atoms with Crippen LogP contribution < -0.4 is 4.74 Å². The van der Waals surface area contributed by atoms with Gasteiger partial charge in [0.25, 0.3) is 0 Å². The fourth-order valence-electron chi connectivity index (χ4n) is 2.84. The highest BCUT2D eigenvalue weighted by molar-refractivity contribution is 5.85. The highest BCUT2D eigenvalue weighted by Gasteiger charge is 2.28. The third kappa shape index (κ3) is 3.79. The molecule has 1 aliphatic carbocycles. The molecule has 22 heavy (non-hydrogen) atoms. The number of rotatable bonds is 4. The normalized spacial score (nSPS) is 22.0. The molecule has 118 valence electrons. The topological polar surface area (TPSA) is 24.8 Å². The summed E-state index contributed by atoms with van der Waals surface area (Å²) in [6.07, 6.45) is 10.7. The van der Waals surface area contributed by atoms with Gasteiger partial charge in [-0.15, -0.1) is 12.4 Å². The smallest absolute Gasteiger partial charge is 0.147 e. The molecule has 0 saturated heterocycles. The van der Waals surface area contributed by atoms with Crippen molar-refractivity contribution in [2.75, 3.05) is 20.6 Å². The molecule has 2 aliphatic rings. The summed E-state index contributed by atoms with van der Waals surface area (Å²) in [4.78, 5) is 6.86. The summed E-state index contributed by atoms with van der Waals surface area (Å²) in [5, 5.41) is 0. The Morgan fingerprint density at radius 2 is 2.05 bits per heavy atom. The summed E-state index contributed by atoms with van der Waals surface area (Å²) in [6, 6.07) is 8.11. The Kier molecular flexibility index (Phi) is 5.81. The highest BCUT2D eigenvalue weighted by atomic mass is 35.5. The van der Waals surface area contributed by atoms with E-state index in [0.717, 1.165) is 30.0 Å². The van der Waals surface area contributed by atoms with Gasteiger partial charge in [-0.25, -0.2) is 0 Å². The minimum absolute atomic E-state index is 0. The average Bonchev–Trinajstić information content (AvgIpc) is 2.67. The van der Waals surface area contributed by atoms with E-state index in [0.29, 0.717) is 5.92 Å². The molecule has 1 aromatic rings. The van der Waals surface area contributed by atoms with Crippen LogP contribution in [0.1, 0.15) is 18.4 Å². The Balaban J connectivity index is 0.00000176. The van der Waals surface area contributed by atoms with Gasteiger partial charge in [-0.05, 0) is 51.7 Å². The van der Waals surface area contributed by atoms with Gasteiger partial charge in [-0.1, -0.05) is 24.3 Å². The number of para-hydroxylation sites is 1. The predicted molar refractivity (Wildman–Crippen MR) is 94.2 cm³/mol. The minimum atomic E-state index is 0. The minimum Gasteiger partial charge on any atom is -0.483 e. The molecule has 0 aromatic heterocycles. The Bertz CT molecular complexity index is 593. The number of ether oxygens (including phenoxy) is 1. The molecule has 0 N–H and O–H groups in total. The molecule has 0 amide bonds. The van der Waals surface area contributed by atoms with Crippen molar-refractivity contribution in [2.24, 2.45) is 10.9 Å². The van der Waals surface area contributed by atoms with E-state index >= 15 is 0 Å². The van der Waals surface area contributed by atoms with Gasteiger partial charge in [0.05, 0.1) is 5.70 Å². The molecule has 2 unspecified atom stereocenters. The number of hydrogen-bond donors (Lipinski definition) is 0. The average molecular weight is 319 g/mol. The lowest BCUT2D eigenvalue weighted by Crippen LogP contribution is -2.29. The van der Waals surface area contributed by atoms with E-state index in [1.807, 2.05) is 30.5 Å². The highest BCUT2D eigenvalue weighted by Crippen LogP contribution is 2.32. The van der Waals surface area contributed by atoms with Crippen LogP contribution in [-0.2, 0) is 0 Å². The molecule has 1 heterocycles. The first kappa shape index (κ1) is 16.8. The number of benzene rings is 1. The summed E-state index contributed by atoms with van der Waals surface area (Å²) in [5.74, 6) is 1.33. The monoisotopic (exact) mass is 318 g/mol. The second-order valence-electron chi connectivity index (χ2n) is 5.92. The Morgan fingerprint density at radius 1 is 1.23 bits per heavy atom. The number of halogens is 1. The van der Waals surface area contributed by atoms with E-state index in [2.05, 4.69) is 42.2 Å². The lowest BCUT2D eigenvalue weighted by atomic mass is 9.90. The largest absolute Gasteiger partial charge is 0.483 e. The molecular formula is C18H23ClN2O. The van der Waals surface area contributed by atoms with Crippen LogP contribution in [0.4, 0.5) is 0 Å². The number of aliphatic imine (C=N–C) groups is 1. The van der Waals surface area contributed by atoms with E-state index in [4.69, 9.17) is 4.74 Å². The zero-order valence-electron chi connectivity index (χ0n) is 13.1. The molecule has 3 rings (SSSR count). The van der Waals surface area contributed by atoms with Crippen molar-refractivity contribution in [2.45, 2.75) is 18.9 Å². The maximum Gasteiger partial charge on any atom is 0.147 e. The molecule has 4 heteroatoms. The van der Waals surface area contributed by atoms with E-state index < -0.39 is 0 Å². The first-order chi connectivity index (χ1) is 10.2. The van der Waals surface area contributed by atoms with Crippen molar-refractivity contribution in [1.29, 1.82) is 0 Å². The van der Waals surface area contributed by atoms with Gasteiger partial charge in [0.1, 0.15) is 11.9 Å². The van der Waals surface area contributed by atoms with E-state index in [-0.39, 0.29) is 18.5 Å². The van der Waals surface area contributed by atoms with Gasteiger partial charge in [-0.3, -0.25) is 4.99 Å². The summed E-state index contributed by atoms with van der Waals surface area (Å²) < 4.78 is 6.27. The van der Waals surface area contributed by atoms with Crippen LogP contribution in [0.5, 0.6) is 5.75 Å². The molecular weight excluding hydrogens is 296 g/mol. The first-order valence-electron chi connectivity index (χ1n) is 7.57. The second kappa shape index (κ2) is 7.61. The third-order valence-corrected chi connectivity index (χ3v) is 3.97.